The number of amides is 1. The van der Waals surface area contributed by atoms with Crippen LogP contribution < -0.4 is 4.74 Å². The molecule has 3 atom stereocenters. The molecule has 0 bridgehead atoms. The molecule has 0 aliphatic carbocycles. The van der Waals surface area contributed by atoms with Crippen molar-refractivity contribution < 1.29 is 24.2 Å². The molecule has 1 N–H and O–H groups in total. The largest absolute Gasteiger partial charge is 0.497 e. The molecule has 1 fully saturated rings. The molecular weight excluding hydrogens is 434 g/mol. The lowest BCUT2D eigenvalue weighted by molar-refractivity contribution is -0.149. The molecule has 8 heteroatoms. The zero-order chi connectivity index (χ0) is 22.4. The summed E-state index contributed by atoms with van der Waals surface area (Å²) in [7, 11) is 1.60. The van der Waals surface area contributed by atoms with Crippen molar-refractivity contribution in [1.29, 1.82) is 0 Å². The minimum Gasteiger partial charge on any atom is -0.497 e. The first-order valence-corrected chi connectivity index (χ1v) is 11.8. The number of hydrogen-bond donors (Lipinski definition) is 1. The number of carbonyl (C=O) groups is 3. The van der Waals surface area contributed by atoms with Gasteiger partial charge in [0.1, 0.15) is 11.8 Å². The van der Waals surface area contributed by atoms with Gasteiger partial charge in [-0.3, -0.25) is 9.59 Å². The molecule has 1 heterocycles. The molecule has 0 spiro atoms. The minimum absolute atomic E-state index is 0.00995. The average molecular weight is 460 g/mol. The Morgan fingerprint density at radius 2 is 1.81 bits per heavy atom. The number of carboxylic acids is 1. The van der Waals surface area contributed by atoms with Gasteiger partial charge in [-0.25, -0.2) is 4.79 Å². The first-order valence-electron chi connectivity index (χ1n) is 9.95. The fourth-order valence-corrected chi connectivity index (χ4v) is 5.46. The number of nitrogens with zero attached hydrogens (tertiary/aromatic N) is 1. The standard InChI is InChI=1S/C23H25NO5S2/c1-15(14-30-23(28)16-6-4-3-5-7-16)21(25)24-13-19(12-20(24)22(26)27)31-18-10-8-17(29-2)9-11-18/h3-11,15,19-20H,12-14H2,1-2H3,(H,26,27)/t15?,19?,20-/m0/s1. The molecule has 1 saturated heterocycles. The minimum atomic E-state index is -0.994. The molecule has 0 saturated carbocycles. The van der Waals surface area contributed by atoms with E-state index in [4.69, 9.17) is 4.74 Å². The zero-order valence-electron chi connectivity index (χ0n) is 17.4. The third kappa shape index (κ3) is 6.04. The number of aliphatic carboxylic acids is 1. The average Bonchev–Trinajstić information content (AvgIpc) is 3.22. The lowest BCUT2D eigenvalue weighted by atomic mass is 10.1. The summed E-state index contributed by atoms with van der Waals surface area (Å²) in [6.45, 7) is 2.12. The molecule has 2 aromatic rings. The molecule has 3 rings (SSSR count). The SMILES string of the molecule is COc1ccc(SC2C[C@@H](C(=O)O)N(C(=O)C(C)CSC(=O)c3ccccc3)C2)cc1. The number of rotatable bonds is 8. The molecule has 1 aliphatic rings. The predicted octanol–water partition coefficient (Wildman–Crippen LogP) is 4.05. The maximum Gasteiger partial charge on any atom is 0.326 e. The van der Waals surface area contributed by atoms with E-state index in [1.54, 1.807) is 50.1 Å². The van der Waals surface area contributed by atoms with E-state index in [0.717, 1.165) is 22.4 Å². The molecule has 0 aromatic heterocycles. The summed E-state index contributed by atoms with van der Waals surface area (Å²) in [4.78, 5) is 39.6. The summed E-state index contributed by atoms with van der Waals surface area (Å²) < 4.78 is 5.16. The van der Waals surface area contributed by atoms with Crippen LogP contribution in [0.25, 0.3) is 0 Å². The molecule has 31 heavy (non-hydrogen) atoms. The number of likely N-dealkylation sites (tertiary alicyclic amines) is 1. The Bertz CT molecular complexity index is 919. The highest BCUT2D eigenvalue weighted by Gasteiger charge is 2.41. The first-order chi connectivity index (χ1) is 14.9. The lowest BCUT2D eigenvalue weighted by Crippen LogP contribution is -2.43. The molecule has 6 nitrogen and oxygen atoms in total. The Morgan fingerprint density at radius 1 is 1.13 bits per heavy atom. The maximum atomic E-state index is 13.0. The molecule has 1 amide bonds. The van der Waals surface area contributed by atoms with Crippen LogP contribution in [-0.2, 0) is 9.59 Å². The van der Waals surface area contributed by atoms with Crippen LogP contribution in [0.15, 0.2) is 59.5 Å². The third-order valence-corrected chi connectivity index (χ3v) is 7.47. The van der Waals surface area contributed by atoms with E-state index in [1.165, 1.54) is 4.90 Å². The van der Waals surface area contributed by atoms with Crippen LogP contribution in [0.2, 0.25) is 0 Å². The van der Waals surface area contributed by atoms with E-state index < -0.39 is 17.9 Å². The van der Waals surface area contributed by atoms with E-state index in [2.05, 4.69) is 0 Å². The lowest BCUT2D eigenvalue weighted by Gasteiger charge is -2.24. The zero-order valence-corrected chi connectivity index (χ0v) is 19.0. The van der Waals surface area contributed by atoms with Crippen LogP contribution in [0, 0.1) is 5.92 Å². The maximum absolute atomic E-state index is 13.0. The summed E-state index contributed by atoms with van der Waals surface area (Å²) in [6, 6.07) is 15.6. The highest BCUT2D eigenvalue weighted by atomic mass is 32.2. The van der Waals surface area contributed by atoms with Crippen molar-refractivity contribution in [3.8, 4) is 5.75 Å². The van der Waals surface area contributed by atoms with Gasteiger partial charge in [0.05, 0.1) is 7.11 Å². The Balaban J connectivity index is 1.59. The Hall–Kier alpha value is -2.45. The van der Waals surface area contributed by atoms with Gasteiger partial charge in [-0.2, -0.15) is 0 Å². The van der Waals surface area contributed by atoms with Gasteiger partial charge in [0, 0.05) is 33.9 Å². The van der Waals surface area contributed by atoms with Crippen LogP contribution in [0.5, 0.6) is 5.75 Å². The number of methoxy groups -OCH3 is 1. The Kier molecular flexibility index (Phi) is 8.03. The van der Waals surface area contributed by atoms with Crippen LogP contribution in [-0.4, -0.2) is 57.7 Å². The van der Waals surface area contributed by atoms with E-state index in [9.17, 15) is 19.5 Å². The van der Waals surface area contributed by atoms with Gasteiger partial charge in [0.2, 0.25) is 11.0 Å². The highest BCUT2D eigenvalue weighted by molar-refractivity contribution is 8.14. The second-order valence-corrected chi connectivity index (χ2v) is 9.73. The number of benzene rings is 2. The van der Waals surface area contributed by atoms with Crippen LogP contribution >= 0.6 is 23.5 Å². The summed E-state index contributed by atoms with van der Waals surface area (Å²) in [5, 5.41) is 9.55. The third-order valence-electron chi connectivity index (χ3n) is 5.09. The van der Waals surface area contributed by atoms with Crippen molar-refractivity contribution in [1.82, 2.24) is 4.90 Å². The van der Waals surface area contributed by atoms with Crippen molar-refractivity contribution in [3.63, 3.8) is 0 Å². The summed E-state index contributed by atoms with van der Waals surface area (Å²) in [5.74, 6) is -0.604. The van der Waals surface area contributed by atoms with Crippen molar-refractivity contribution in [2.75, 3.05) is 19.4 Å². The first kappa shape index (κ1) is 23.2. The fourth-order valence-electron chi connectivity index (χ4n) is 3.42. The van der Waals surface area contributed by atoms with Crippen LogP contribution in [0.3, 0.4) is 0 Å². The molecule has 2 aromatic carbocycles. The van der Waals surface area contributed by atoms with Gasteiger partial charge in [0.25, 0.3) is 0 Å². The van der Waals surface area contributed by atoms with Crippen molar-refractivity contribution in [3.05, 3.63) is 60.2 Å². The molecule has 0 radical (unpaired) electrons. The summed E-state index contributed by atoms with van der Waals surface area (Å²) in [6.07, 6.45) is 0.389. The second kappa shape index (κ2) is 10.7. The monoisotopic (exact) mass is 459 g/mol. The van der Waals surface area contributed by atoms with Gasteiger partial charge in [-0.1, -0.05) is 49.0 Å². The fraction of sp³-hybridized carbons (Fsp3) is 0.348. The van der Waals surface area contributed by atoms with E-state index in [1.807, 2.05) is 30.3 Å². The number of ether oxygens (including phenoxy) is 1. The summed E-state index contributed by atoms with van der Waals surface area (Å²) in [5.41, 5.74) is 0.590. The Labute approximate surface area is 190 Å². The Morgan fingerprint density at radius 3 is 2.42 bits per heavy atom. The van der Waals surface area contributed by atoms with Crippen molar-refractivity contribution >= 4 is 40.5 Å². The van der Waals surface area contributed by atoms with E-state index in [0.29, 0.717) is 24.3 Å². The molecule has 2 unspecified atom stereocenters. The number of carboxylic acid groups (broad SMARTS) is 1. The predicted molar refractivity (Wildman–Crippen MR) is 123 cm³/mol. The normalized spacial score (nSPS) is 19.1. The van der Waals surface area contributed by atoms with E-state index >= 15 is 0 Å². The molecule has 164 valence electrons. The van der Waals surface area contributed by atoms with Crippen LogP contribution in [0.1, 0.15) is 23.7 Å². The van der Waals surface area contributed by atoms with Crippen molar-refractivity contribution in [2.24, 2.45) is 5.92 Å². The number of thioether (sulfide) groups is 2. The van der Waals surface area contributed by atoms with Gasteiger partial charge in [0.15, 0.2) is 0 Å². The van der Waals surface area contributed by atoms with Gasteiger partial charge < -0.3 is 14.7 Å². The molecular formula is C23H25NO5S2. The number of carbonyl (C=O) groups excluding carboxylic acids is 2. The van der Waals surface area contributed by atoms with Crippen molar-refractivity contribution in [2.45, 2.75) is 29.5 Å². The quantitative estimate of drug-likeness (QED) is 0.637. The smallest absolute Gasteiger partial charge is 0.326 e. The second-order valence-electron chi connectivity index (χ2n) is 7.36. The van der Waals surface area contributed by atoms with Gasteiger partial charge in [-0.05, 0) is 30.7 Å². The van der Waals surface area contributed by atoms with Gasteiger partial charge >= 0.3 is 5.97 Å². The topological polar surface area (TPSA) is 83.9 Å². The van der Waals surface area contributed by atoms with Crippen LogP contribution in [0.4, 0.5) is 0 Å². The molecule has 1 aliphatic heterocycles. The number of hydrogen-bond acceptors (Lipinski definition) is 6. The summed E-state index contributed by atoms with van der Waals surface area (Å²) >= 11 is 2.66. The highest BCUT2D eigenvalue weighted by Crippen LogP contribution is 2.34. The van der Waals surface area contributed by atoms with E-state index in [-0.39, 0.29) is 16.3 Å². The van der Waals surface area contributed by atoms with Gasteiger partial charge in [-0.15, -0.1) is 11.8 Å².